The van der Waals surface area contributed by atoms with Crippen molar-refractivity contribution in [2.24, 2.45) is 0 Å². The van der Waals surface area contributed by atoms with E-state index < -0.39 is 36.3 Å². The fourth-order valence-corrected chi connectivity index (χ4v) is 1.96. The topological polar surface area (TPSA) is 29.5 Å². The molecule has 1 heterocycles. The lowest BCUT2D eigenvalue weighted by atomic mass is 10.1. The van der Waals surface area contributed by atoms with E-state index in [-0.39, 0.29) is 4.90 Å². The lowest BCUT2D eigenvalue weighted by molar-refractivity contribution is -0.359. The molecule has 20 heavy (non-hydrogen) atoms. The van der Waals surface area contributed by atoms with Crippen LogP contribution in [0.3, 0.4) is 0 Å². The number of para-hydroxylation sites is 1. The Morgan fingerprint density at radius 3 is 1.95 bits per heavy atom. The molecule has 0 amide bonds. The van der Waals surface area contributed by atoms with Gasteiger partial charge in [0.15, 0.2) is 0 Å². The molecule has 1 aliphatic rings. The Hall–Kier alpha value is -1.93. The van der Waals surface area contributed by atoms with Crippen molar-refractivity contribution in [2.45, 2.75) is 18.1 Å². The van der Waals surface area contributed by atoms with Crippen molar-refractivity contribution in [2.75, 3.05) is 11.4 Å². The third-order valence-electron chi connectivity index (χ3n) is 2.77. The molecule has 0 saturated carbocycles. The van der Waals surface area contributed by atoms with Crippen molar-refractivity contribution >= 4 is 11.7 Å². The lowest BCUT2D eigenvalue weighted by Crippen LogP contribution is -2.66. The molecular weight excluding hydrogens is 292 g/mol. The van der Waals surface area contributed by atoms with Crippen LogP contribution in [0.4, 0.5) is 32.0 Å². The maximum Gasteiger partial charge on any atom is 0.458 e. The summed E-state index contributed by atoms with van der Waals surface area (Å²) in [4.78, 5) is 10.9. The number of halogens is 6. The average molecular weight is 299 g/mol. The minimum Gasteiger partial charge on any atom is -0.419 e. The monoisotopic (exact) mass is 299 g/mol. The zero-order chi connectivity index (χ0) is 15.2. The minimum absolute atomic E-state index is 0.130. The highest BCUT2D eigenvalue weighted by atomic mass is 19.4. The normalized spacial score (nSPS) is 19.1. The SMILES string of the molecule is O=C1CN(c2ccccc2)C(C(F)(F)F)(C(F)(F)F)O1. The molecule has 1 aliphatic heterocycles. The Morgan fingerprint density at radius 1 is 1.00 bits per heavy atom. The summed E-state index contributed by atoms with van der Waals surface area (Å²) in [6.45, 7) is -1.14. The van der Waals surface area contributed by atoms with E-state index in [4.69, 9.17) is 0 Å². The number of benzene rings is 1. The number of rotatable bonds is 1. The highest BCUT2D eigenvalue weighted by Gasteiger charge is 2.80. The van der Waals surface area contributed by atoms with Crippen molar-refractivity contribution in [1.29, 1.82) is 0 Å². The molecule has 2 rings (SSSR count). The van der Waals surface area contributed by atoms with Gasteiger partial charge < -0.3 is 9.64 Å². The number of cyclic esters (lactones) is 1. The molecule has 0 unspecified atom stereocenters. The second-order valence-corrected chi connectivity index (χ2v) is 4.04. The number of esters is 1. The van der Waals surface area contributed by atoms with E-state index in [1.54, 1.807) is 0 Å². The van der Waals surface area contributed by atoms with E-state index in [0.29, 0.717) is 0 Å². The smallest absolute Gasteiger partial charge is 0.419 e. The molecule has 0 aromatic heterocycles. The molecule has 0 N–H and O–H groups in total. The Labute approximate surface area is 108 Å². The van der Waals surface area contributed by atoms with Gasteiger partial charge in [0.05, 0.1) is 0 Å². The van der Waals surface area contributed by atoms with Gasteiger partial charge in [-0.15, -0.1) is 0 Å². The Balaban J connectivity index is 2.62. The van der Waals surface area contributed by atoms with E-state index in [1.807, 2.05) is 0 Å². The van der Waals surface area contributed by atoms with Crippen LogP contribution in [-0.4, -0.2) is 30.6 Å². The first kappa shape index (κ1) is 14.5. The first-order valence-corrected chi connectivity index (χ1v) is 5.27. The molecular formula is C11H7F6NO2. The summed E-state index contributed by atoms with van der Waals surface area (Å²) in [5.41, 5.74) is -5.06. The average Bonchev–Trinajstić information content (AvgIpc) is 2.68. The summed E-state index contributed by atoms with van der Waals surface area (Å²) in [6.07, 6.45) is -11.7. The number of nitrogens with zero attached hydrogens (tertiary/aromatic N) is 1. The molecule has 1 aromatic rings. The first-order valence-electron chi connectivity index (χ1n) is 5.27. The molecule has 0 radical (unpaired) electrons. The summed E-state index contributed by atoms with van der Waals surface area (Å²) in [5.74, 6) is -1.59. The van der Waals surface area contributed by atoms with Gasteiger partial charge in [0, 0.05) is 5.69 Å². The molecule has 110 valence electrons. The number of carbonyl (C=O) groups is 1. The molecule has 0 bridgehead atoms. The van der Waals surface area contributed by atoms with Gasteiger partial charge >= 0.3 is 24.0 Å². The molecule has 3 nitrogen and oxygen atoms in total. The predicted molar refractivity (Wildman–Crippen MR) is 54.7 cm³/mol. The summed E-state index contributed by atoms with van der Waals surface area (Å²) in [7, 11) is 0. The van der Waals surface area contributed by atoms with E-state index in [0.717, 1.165) is 12.1 Å². The lowest BCUT2D eigenvalue weighted by Gasteiger charge is -2.38. The van der Waals surface area contributed by atoms with Gasteiger partial charge in [-0.05, 0) is 12.1 Å². The third-order valence-corrected chi connectivity index (χ3v) is 2.77. The van der Waals surface area contributed by atoms with Crippen molar-refractivity contribution < 1.29 is 35.9 Å². The Morgan fingerprint density at radius 2 is 1.50 bits per heavy atom. The van der Waals surface area contributed by atoms with E-state index in [1.165, 1.54) is 18.2 Å². The molecule has 1 aromatic carbocycles. The number of carbonyl (C=O) groups excluding carboxylic acids is 1. The molecule has 0 aliphatic carbocycles. The highest BCUT2D eigenvalue weighted by molar-refractivity contribution is 5.81. The van der Waals surface area contributed by atoms with Gasteiger partial charge in [-0.2, -0.15) is 26.3 Å². The fraction of sp³-hybridized carbons (Fsp3) is 0.364. The summed E-state index contributed by atoms with van der Waals surface area (Å²) in [5, 5.41) is 0. The molecule has 1 saturated heterocycles. The van der Waals surface area contributed by atoms with Gasteiger partial charge in [0.1, 0.15) is 6.54 Å². The van der Waals surface area contributed by atoms with Crippen LogP contribution in [0.1, 0.15) is 0 Å². The predicted octanol–water partition coefficient (Wildman–Crippen LogP) is 2.87. The van der Waals surface area contributed by atoms with Crippen molar-refractivity contribution in [1.82, 2.24) is 0 Å². The minimum atomic E-state index is -5.83. The van der Waals surface area contributed by atoms with Crippen molar-refractivity contribution in [3.63, 3.8) is 0 Å². The quantitative estimate of drug-likeness (QED) is 0.590. The van der Waals surface area contributed by atoms with Crippen LogP contribution in [0.15, 0.2) is 30.3 Å². The van der Waals surface area contributed by atoms with Crippen LogP contribution in [-0.2, 0) is 9.53 Å². The maximum atomic E-state index is 13.0. The number of hydrogen-bond donors (Lipinski definition) is 0. The number of alkyl halides is 6. The van der Waals surface area contributed by atoms with Gasteiger partial charge in [0.25, 0.3) is 0 Å². The Kier molecular flexibility index (Phi) is 3.10. The van der Waals surface area contributed by atoms with E-state index in [2.05, 4.69) is 4.74 Å². The van der Waals surface area contributed by atoms with E-state index in [9.17, 15) is 31.1 Å². The van der Waals surface area contributed by atoms with Gasteiger partial charge in [-0.1, -0.05) is 18.2 Å². The van der Waals surface area contributed by atoms with Gasteiger partial charge in [-0.3, -0.25) is 4.79 Å². The van der Waals surface area contributed by atoms with Crippen molar-refractivity contribution in [3.8, 4) is 0 Å². The molecule has 1 fully saturated rings. The van der Waals surface area contributed by atoms with E-state index >= 15 is 0 Å². The zero-order valence-corrected chi connectivity index (χ0v) is 9.63. The number of ether oxygens (including phenoxy) is 1. The van der Waals surface area contributed by atoms with Gasteiger partial charge in [-0.25, -0.2) is 0 Å². The van der Waals surface area contributed by atoms with Crippen LogP contribution in [0.2, 0.25) is 0 Å². The zero-order valence-electron chi connectivity index (χ0n) is 9.63. The summed E-state index contributed by atoms with van der Waals surface area (Å²) < 4.78 is 81.6. The standard InChI is InChI=1S/C11H7F6NO2/c12-10(13,14)9(11(15,16)17)18(6-8(19)20-9)7-4-2-1-3-5-7/h1-5H,6H2. The largest absolute Gasteiger partial charge is 0.458 e. The van der Waals surface area contributed by atoms with Crippen LogP contribution in [0, 0.1) is 0 Å². The summed E-state index contributed by atoms with van der Waals surface area (Å²) in [6, 6.07) is 6.01. The Bertz CT molecular complexity index is 496. The number of anilines is 1. The maximum absolute atomic E-state index is 13.0. The molecule has 9 heteroatoms. The molecule has 0 spiro atoms. The first-order chi connectivity index (χ1) is 9.09. The highest BCUT2D eigenvalue weighted by Crippen LogP contribution is 2.51. The van der Waals surface area contributed by atoms with Crippen LogP contribution in [0.25, 0.3) is 0 Å². The number of hydrogen-bond acceptors (Lipinski definition) is 3. The molecule has 0 atom stereocenters. The van der Waals surface area contributed by atoms with Crippen LogP contribution < -0.4 is 4.90 Å². The second-order valence-electron chi connectivity index (χ2n) is 4.04. The fourth-order valence-electron chi connectivity index (χ4n) is 1.96. The second kappa shape index (κ2) is 4.29. The van der Waals surface area contributed by atoms with Crippen LogP contribution >= 0.6 is 0 Å². The van der Waals surface area contributed by atoms with Crippen LogP contribution in [0.5, 0.6) is 0 Å². The summed E-state index contributed by atoms with van der Waals surface area (Å²) >= 11 is 0. The third kappa shape index (κ3) is 1.97. The van der Waals surface area contributed by atoms with Crippen molar-refractivity contribution in [3.05, 3.63) is 30.3 Å². The van der Waals surface area contributed by atoms with Gasteiger partial charge in [0.2, 0.25) is 0 Å².